The normalized spacial score (nSPS) is 18.3. The number of pyridine rings is 1. The van der Waals surface area contributed by atoms with Crippen molar-refractivity contribution in [3.05, 3.63) is 54.0 Å². The van der Waals surface area contributed by atoms with Crippen molar-refractivity contribution in [2.75, 3.05) is 70.9 Å². The van der Waals surface area contributed by atoms with E-state index in [1.165, 1.54) is 6.07 Å². The number of benzene rings is 1. The third-order valence-corrected chi connectivity index (χ3v) is 6.07. The maximum Gasteiger partial charge on any atom is 0.236 e. The van der Waals surface area contributed by atoms with Gasteiger partial charge in [-0.15, -0.1) is 0 Å². The van der Waals surface area contributed by atoms with Crippen molar-refractivity contribution in [3.8, 4) is 5.75 Å². The van der Waals surface area contributed by atoms with Crippen LogP contribution >= 0.6 is 0 Å². The Hall–Kier alpha value is -2.71. The minimum Gasteiger partial charge on any atom is -0.496 e. The fraction of sp³-hybridized carbons (Fsp3) is 0.478. The molecular formula is C23H30FN5O2. The average Bonchev–Trinajstić information content (AvgIpc) is 2.81. The van der Waals surface area contributed by atoms with Crippen molar-refractivity contribution in [2.24, 2.45) is 0 Å². The van der Waals surface area contributed by atoms with E-state index in [4.69, 9.17) is 4.74 Å². The Labute approximate surface area is 183 Å². The van der Waals surface area contributed by atoms with Gasteiger partial charge in [-0.05, 0) is 30.3 Å². The summed E-state index contributed by atoms with van der Waals surface area (Å²) in [5.41, 5.74) is 0.859. The van der Waals surface area contributed by atoms with Crippen molar-refractivity contribution in [3.63, 3.8) is 0 Å². The fourth-order valence-corrected chi connectivity index (χ4v) is 4.23. The first kappa shape index (κ1) is 21.5. The minimum absolute atomic E-state index is 0.195. The van der Waals surface area contributed by atoms with E-state index in [9.17, 15) is 9.18 Å². The molecule has 7 nitrogen and oxygen atoms in total. The van der Waals surface area contributed by atoms with Crippen LogP contribution in [0.3, 0.4) is 0 Å². The van der Waals surface area contributed by atoms with E-state index in [0.717, 1.165) is 63.7 Å². The summed E-state index contributed by atoms with van der Waals surface area (Å²) >= 11 is 0. The first-order valence-corrected chi connectivity index (χ1v) is 10.8. The molecule has 2 aliphatic heterocycles. The molecule has 0 N–H and O–H groups in total. The average molecular weight is 428 g/mol. The van der Waals surface area contributed by atoms with Crippen LogP contribution in [0.5, 0.6) is 5.75 Å². The summed E-state index contributed by atoms with van der Waals surface area (Å²) in [4.78, 5) is 25.9. The monoisotopic (exact) mass is 427 g/mol. The zero-order valence-electron chi connectivity index (χ0n) is 18.0. The van der Waals surface area contributed by atoms with Crippen molar-refractivity contribution in [1.82, 2.24) is 19.7 Å². The Morgan fingerprint density at radius 2 is 1.74 bits per heavy atom. The lowest BCUT2D eigenvalue weighted by molar-refractivity contribution is -0.133. The van der Waals surface area contributed by atoms with E-state index in [1.54, 1.807) is 25.4 Å². The van der Waals surface area contributed by atoms with E-state index in [-0.39, 0.29) is 11.7 Å². The molecule has 8 heteroatoms. The second-order valence-electron chi connectivity index (χ2n) is 8.06. The predicted molar refractivity (Wildman–Crippen MR) is 118 cm³/mol. The molecule has 0 unspecified atom stereocenters. The molecule has 1 aromatic carbocycles. The standard InChI is InChI=1S/C23H30FN5O2/c1-31-21-6-5-20(24)16-19(21)17-26-8-10-27(11-9-26)18-23(30)29-14-12-28(13-15-29)22-4-2-3-7-25-22/h2-7,16H,8-15,17-18H2,1H3. The number of hydrogen-bond acceptors (Lipinski definition) is 6. The van der Waals surface area contributed by atoms with E-state index >= 15 is 0 Å². The lowest BCUT2D eigenvalue weighted by Crippen LogP contribution is -2.53. The molecule has 0 radical (unpaired) electrons. The molecule has 31 heavy (non-hydrogen) atoms. The minimum atomic E-state index is -0.247. The zero-order valence-corrected chi connectivity index (χ0v) is 18.0. The number of carbonyl (C=O) groups is 1. The quantitative estimate of drug-likeness (QED) is 0.700. The highest BCUT2D eigenvalue weighted by molar-refractivity contribution is 5.78. The van der Waals surface area contributed by atoms with Crippen LogP contribution in [0.25, 0.3) is 0 Å². The largest absolute Gasteiger partial charge is 0.496 e. The van der Waals surface area contributed by atoms with Gasteiger partial charge in [-0.1, -0.05) is 6.07 Å². The van der Waals surface area contributed by atoms with Gasteiger partial charge in [0.15, 0.2) is 0 Å². The molecule has 2 saturated heterocycles. The number of carbonyl (C=O) groups excluding carboxylic acids is 1. The van der Waals surface area contributed by atoms with E-state index in [2.05, 4.69) is 19.7 Å². The van der Waals surface area contributed by atoms with Gasteiger partial charge < -0.3 is 14.5 Å². The molecule has 0 spiro atoms. The number of nitrogens with zero attached hydrogens (tertiary/aromatic N) is 5. The number of amides is 1. The first-order chi connectivity index (χ1) is 15.1. The van der Waals surface area contributed by atoms with Crippen LogP contribution in [0.15, 0.2) is 42.6 Å². The van der Waals surface area contributed by atoms with E-state index in [1.807, 2.05) is 23.1 Å². The van der Waals surface area contributed by atoms with Crippen LogP contribution in [-0.4, -0.2) is 91.6 Å². The Kier molecular flexibility index (Phi) is 6.99. The van der Waals surface area contributed by atoms with E-state index < -0.39 is 0 Å². The molecule has 3 heterocycles. The summed E-state index contributed by atoms with van der Waals surface area (Å²) < 4.78 is 19.0. The summed E-state index contributed by atoms with van der Waals surface area (Å²) in [5.74, 6) is 1.63. The van der Waals surface area contributed by atoms with Gasteiger partial charge in [0.2, 0.25) is 5.91 Å². The maximum absolute atomic E-state index is 13.6. The summed E-state index contributed by atoms with van der Waals surface area (Å²) in [7, 11) is 1.61. The third kappa shape index (κ3) is 5.51. The number of hydrogen-bond donors (Lipinski definition) is 0. The maximum atomic E-state index is 13.6. The van der Waals surface area contributed by atoms with Gasteiger partial charge in [0.05, 0.1) is 13.7 Å². The molecule has 2 aliphatic rings. The summed E-state index contributed by atoms with van der Waals surface area (Å²) in [5, 5.41) is 0. The lowest BCUT2D eigenvalue weighted by atomic mass is 10.1. The van der Waals surface area contributed by atoms with Gasteiger partial charge in [-0.25, -0.2) is 9.37 Å². The van der Waals surface area contributed by atoms with Crippen molar-refractivity contribution in [2.45, 2.75) is 6.54 Å². The second-order valence-corrected chi connectivity index (χ2v) is 8.06. The second kappa shape index (κ2) is 10.1. The highest BCUT2D eigenvalue weighted by Crippen LogP contribution is 2.22. The lowest BCUT2D eigenvalue weighted by Gasteiger charge is -2.38. The van der Waals surface area contributed by atoms with Gasteiger partial charge >= 0.3 is 0 Å². The number of anilines is 1. The van der Waals surface area contributed by atoms with Crippen molar-refractivity contribution >= 4 is 11.7 Å². The zero-order chi connectivity index (χ0) is 21.6. The number of aromatic nitrogens is 1. The predicted octanol–water partition coefficient (Wildman–Crippen LogP) is 1.70. The Bertz CT molecular complexity index is 866. The molecule has 1 amide bonds. The van der Waals surface area contributed by atoms with Crippen molar-refractivity contribution in [1.29, 1.82) is 0 Å². The SMILES string of the molecule is COc1ccc(F)cc1CN1CCN(CC(=O)N2CCN(c3ccccn3)CC2)CC1. The van der Waals surface area contributed by atoms with Crippen LogP contribution in [0.1, 0.15) is 5.56 Å². The number of piperazine rings is 2. The molecule has 0 atom stereocenters. The molecule has 2 fully saturated rings. The van der Waals surface area contributed by atoms with Crippen LogP contribution in [0.4, 0.5) is 10.2 Å². The Morgan fingerprint density at radius 3 is 2.42 bits per heavy atom. The molecular weight excluding hydrogens is 397 g/mol. The number of rotatable bonds is 6. The Balaban J connectivity index is 1.21. The van der Waals surface area contributed by atoms with Crippen LogP contribution in [0.2, 0.25) is 0 Å². The highest BCUT2D eigenvalue weighted by Gasteiger charge is 2.25. The number of halogens is 1. The van der Waals surface area contributed by atoms with Crippen LogP contribution in [-0.2, 0) is 11.3 Å². The summed E-state index contributed by atoms with van der Waals surface area (Å²) in [6.45, 7) is 7.55. The third-order valence-electron chi connectivity index (χ3n) is 6.07. The topological polar surface area (TPSA) is 52.2 Å². The van der Waals surface area contributed by atoms with Gasteiger partial charge in [0.25, 0.3) is 0 Å². The first-order valence-electron chi connectivity index (χ1n) is 10.8. The molecule has 0 aliphatic carbocycles. The van der Waals surface area contributed by atoms with E-state index in [0.29, 0.717) is 18.8 Å². The van der Waals surface area contributed by atoms with Crippen LogP contribution in [0, 0.1) is 5.82 Å². The molecule has 0 saturated carbocycles. The molecule has 2 aromatic rings. The molecule has 1 aromatic heterocycles. The van der Waals surface area contributed by atoms with Gasteiger partial charge in [-0.3, -0.25) is 14.6 Å². The summed E-state index contributed by atoms with van der Waals surface area (Å²) in [6.07, 6.45) is 1.80. The molecule has 4 rings (SSSR count). The van der Waals surface area contributed by atoms with Crippen LogP contribution < -0.4 is 9.64 Å². The molecule has 0 bridgehead atoms. The van der Waals surface area contributed by atoms with Gasteiger partial charge in [0, 0.05) is 70.7 Å². The fourth-order valence-electron chi connectivity index (χ4n) is 4.23. The summed E-state index contributed by atoms with van der Waals surface area (Å²) in [6, 6.07) is 10.5. The Morgan fingerprint density at radius 1 is 1.00 bits per heavy atom. The smallest absolute Gasteiger partial charge is 0.236 e. The number of ether oxygens (including phenoxy) is 1. The van der Waals surface area contributed by atoms with Crippen molar-refractivity contribution < 1.29 is 13.9 Å². The molecule has 166 valence electrons. The van der Waals surface area contributed by atoms with Gasteiger partial charge in [-0.2, -0.15) is 0 Å². The van der Waals surface area contributed by atoms with Gasteiger partial charge in [0.1, 0.15) is 17.4 Å². The number of methoxy groups -OCH3 is 1. The highest BCUT2D eigenvalue weighted by atomic mass is 19.1.